The van der Waals surface area contributed by atoms with E-state index in [1.807, 2.05) is 0 Å². The molecule has 6 nitrogen and oxygen atoms in total. The van der Waals surface area contributed by atoms with Gasteiger partial charge in [0, 0.05) is 35.2 Å². The molecule has 38 heavy (non-hydrogen) atoms. The van der Waals surface area contributed by atoms with Crippen molar-refractivity contribution in [2.45, 2.75) is 50.9 Å². The second kappa shape index (κ2) is 10.9. The first-order valence-electron chi connectivity index (χ1n) is 13.1. The van der Waals surface area contributed by atoms with E-state index in [2.05, 4.69) is 9.80 Å². The molecule has 2 aromatic carbocycles. The number of methoxy groups -OCH3 is 1. The van der Waals surface area contributed by atoms with Crippen molar-refractivity contribution in [2.24, 2.45) is 0 Å². The number of carbonyl (C=O) groups is 1. The van der Waals surface area contributed by atoms with Gasteiger partial charge in [0.15, 0.2) is 0 Å². The van der Waals surface area contributed by atoms with Crippen molar-refractivity contribution in [3.63, 3.8) is 0 Å². The number of aromatic carboxylic acids is 1. The number of ether oxygens (including phenoxy) is 1. The molecule has 2 saturated heterocycles. The van der Waals surface area contributed by atoms with Crippen LogP contribution in [0.25, 0.3) is 22.2 Å². The van der Waals surface area contributed by atoms with Crippen molar-refractivity contribution in [1.29, 1.82) is 0 Å². The monoisotopic (exact) mass is 527 g/mol. The van der Waals surface area contributed by atoms with Gasteiger partial charge in [-0.2, -0.15) is 13.2 Å². The Bertz CT molecular complexity index is 1310. The van der Waals surface area contributed by atoms with Crippen LogP contribution >= 0.6 is 0 Å². The average molecular weight is 528 g/mol. The predicted octanol–water partition coefficient (Wildman–Crippen LogP) is 6.08. The highest BCUT2D eigenvalue weighted by Gasteiger charge is 2.32. The average Bonchev–Trinajstić information content (AvgIpc) is 2.92. The largest absolute Gasteiger partial charge is 0.497 e. The molecule has 0 radical (unpaired) electrons. The second-order valence-corrected chi connectivity index (χ2v) is 10.2. The molecule has 0 spiro atoms. The number of alkyl halides is 3. The van der Waals surface area contributed by atoms with Crippen LogP contribution < -0.4 is 4.74 Å². The van der Waals surface area contributed by atoms with Crippen LogP contribution in [0.15, 0.2) is 42.5 Å². The molecule has 1 aromatic heterocycles. The van der Waals surface area contributed by atoms with Crippen molar-refractivity contribution in [2.75, 3.05) is 33.3 Å². The van der Waals surface area contributed by atoms with E-state index in [4.69, 9.17) is 9.72 Å². The molecule has 202 valence electrons. The van der Waals surface area contributed by atoms with Crippen molar-refractivity contribution < 1.29 is 27.8 Å². The Hall–Kier alpha value is -3.17. The first kappa shape index (κ1) is 26.4. The van der Waals surface area contributed by atoms with Crippen molar-refractivity contribution in [3.05, 3.63) is 59.2 Å². The molecule has 0 bridgehead atoms. The van der Waals surface area contributed by atoms with Gasteiger partial charge < -0.3 is 14.7 Å². The number of likely N-dealkylation sites (tertiary alicyclic amines) is 2. The number of carboxylic acid groups (broad SMARTS) is 1. The van der Waals surface area contributed by atoms with Crippen molar-refractivity contribution in [1.82, 2.24) is 14.8 Å². The van der Waals surface area contributed by atoms with Crippen LogP contribution in [0.4, 0.5) is 13.2 Å². The molecule has 5 rings (SSSR count). The molecule has 9 heteroatoms. The minimum Gasteiger partial charge on any atom is -0.497 e. The fourth-order valence-electron chi connectivity index (χ4n) is 5.84. The number of halogens is 3. The zero-order valence-corrected chi connectivity index (χ0v) is 21.4. The smallest absolute Gasteiger partial charge is 0.416 e. The SMILES string of the molecule is COc1ccc2c(C(=O)O)c(CN3CCC(N4CCCCC4)CC3)c(-c3cccc(C(F)(F)F)c3)nc2c1. The maximum absolute atomic E-state index is 13.6. The summed E-state index contributed by atoms with van der Waals surface area (Å²) in [6.45, 7) is 4.15. The Morgan fingerprint density at radius 2 is 1.79 bits per heavy atom. The summed E-state index contributed by atoms with van der Waals surface area (Å²) in [5.74, 6) is -0.641. The summed E-state index contributed by atoms with van der Waals surface area (Å²) in [7, 11) is 1.49. The zero-order chi connectivity index (χ0) is 26.9. The maximum Gasteiger partial charge on any atom is 0.416 e. The van der Waals surface area contributed by atoms with Gasteiger partial charge in [-0.1, -0.05) is 18.6 Å². The van der Waals surface area contributed by atoms with E-state index >= 15 is 0 Å². The quantitative estimate of drug-likeness (QED) is 0.419. The summed E-state index contributed by atoms with van der Waals surface area (Å²) in [6.07, 6.45) is 1.19. The summed E-state index contributed by atoms with van der Waals surface area (Å²) in [4.78, 5) is 22.1. The first-order valence-corrected chi connectivity index (χ1v) is 13.1. The van der Waals surface area contributed by atoms with Crippen LogP contribution in [-0.4, -0.2) is 65.2 Å². The normalized spacial score (nSPS) is 18.1. The summed E-state index contributed by atoms with van der Waals surface area (Å²) >= 11 is 0. The predicted molar refractivity (Wildman–Crippen MR) is 139 cm³/mol. The second-order valence-electron chi connectivity index (χ2n) is 10.2. The standard InChI is InChI=1S/C29H32F3N3O3/c1-38-22-8-9-23-25(17-22)33-27(19-6-5-7-20(16-19)29(30,31)32)24(26(23)28(36)37)18-34-14-10-21(11-15-34)35-12-3-2-4-13-35/h5-9,16-17,21H,2-4,10-15,18H2,1H3,(H,36,37). The topological polar surface area (TPSA) is 65.9 Å². The Balaban J connectivity index is 1.55. The molecule has 0 atom stereocenters. The lowest BCUT2D eigenvalue weighted by atomic mass is 9.94. The number of hydrogen-bond acceptors (Lipinski definition) is 5. The van der Waals surface area contributed by atoms with Crippen LogP contribution in [0.1, 0.15) is 53.6 Å². The number of rotatable bonds is 6. The Labute approximate surface area is 220 Å². The number of fused-ring (bicyclic) bond motifs is 1. The van der Waals surface area contributed by atoms with E-state index in [-0.39, 0.29) is 16.8 Å². The van der Waals surface area contributed by atoms with Gasteiger partial charge >= 0.3 is 12.1 Å². The molecular weight excluding hydrogens is 495 g/mol. The molecule has 1 N–H and O–H groups in total. The molecule has 3 aromatic rings. The van der Waals surface area contributed by atoms with Gasteiger partial charge in [0.05, 0.1) is 29.4 Å². The van der Waals surface area contributed by atoms with Gasteiger partial charge in [-0.05, 0) is 76.1 Å². The molecule has 2 aliphatic rings. The van der Waals surface area contributed by atoms with E-state index in [0.29, 0.717) is 34.8 Å². The lowest BCUT2D eigenvalue weighted by Crippen LogP contribution is -2.46. The number of piperidine rings is 2. The van der Waals surface area contributed by atoms with E-state index in [9.17, 15) is 23.1 Å². The summed E-state index contributed by atoms with van der Waals surface area (Å²) in [5, 5.41) is 10.8. The van der Waals surface area contributed by atoms with Crippen LogP contribution in [0.2, 0.25) is 0 Å². The minimum absolute atomic E-state index is 0.0724. The third-order valence-electron chi connectivity index (χ3n) is 7.82. The maximum atomic E-state index is 13.6. The third kappa shape index (κ3) is 5.49. The highest BCUT2D eigenvalue weighted by molar-refractivity contribution is 6.06. The molecule has 2 fully saturated rings. The fourth-order valence-corrected chi connectivity index (χ4v) is 5.84. The molecule has 0 saturated carbocycles. The van der Waals surface area contributed by atoms with Gasteiger partial charge in [0.25, 0.3) is 0 Å². The Kier molecular flexibility index (Phi) is 7.59. The molecule has 3 heterocycles. The van der Waals surface area contributed by atoms with Crippen LogP contribution in [0.5, 0.6) is 5.75 Å². The van der Waals surface area contributed by atoms with Crippen LogP contribution in [-0.2, 0) is 12.7 Å². The number of nitrogens with zero attached hydrogens (tertiary/aromatic N) is 3. The number of carboxylic acids is 1. The number of benzene rings is 2. The number of pyridine rings is 1. The fraction of sp³-hybridized carbons (Fsp3) is 0.448. The van der Waals surface area contributed by atoms with Gasteiger partial charge in [-0.3, -0.25) is 4.90 Å². The van der Waals surface area contributed by atoms with E-state index in [0.717, 1.165) is 51.2 Å². The minimum atomic E-state index is -4.53. The summed E-state index contributed by atoms with van der Waals surface area (Å²) in [5.41, 5.74) is 0.571. The van der Waals surface area contributed by atoms with Crippen molar-refractivity contribution >= 4 is 16.9 Å². The lowest BCUT2D eigenvalue weighted by molar-refractivity contribution is -0.137. The van der Waals surface area contributed by atoms with E-state index in [1.54, 1.807) is 24.3 Å². The molecule has 0 aliphatic carbocycles. The zero-order valence-electron chi connectivity index (χ0n) is 21.4. The summed E-state index contributed by atoms with van der Waals surface area (Å²) in [6, 6.07) is 10.4. The van der Waals surface area contributed by atoms with Gasteiger partial charge in [0.1, 0.15) is 5.75 Å². The molecular formula is C29H32F3N3O3. The Morgan fingerprint density at radius 3 is 2.45 bits per heavy atom. The third-order valence-corrected chi connectivity index (χ3v) is 7.82. The highest BCUT2D eigenvalue weighted by Crippen LogP contribution is 2.37. The van der Waals surface area contributed by atoms with Gasteiger partial charge in [-0.25, -0.2) is 9.78 Å². The highest BCUT2D eigenvalue weighted by atomic mass is 19.4. The van der Waals surface area contributed by atoms with E-state index in [1.165, 1.54) is 32.4 Å². The molecule has 2 aliphatic heterocycles. The first-order chi connectivity index (χ1) is 18.2. The van der Waals surface area contributed by atoms with Crippen LogP contribution in [0, 0.1) is 0 Å². The molecule has 0 unspecified atom stereocenters. The summed E-state index contributed by atoms with van der Waals surface area (Å²) < 4.78 is 46.0. The Morgan fingerprint density at radius 1 is 1.05 bits per heavy atom. The van der Waals surface area contributed by atoms with Crippen molar-refractivity contribution in [3.8, 4) is 17.0 Å². The number of hydrogen-bond donors (Lipinski definition) is 1. The van der Waals surface area contributed by atoms with E-state index < -0.39 is 17.7 Å². The number of aromatic nitrogens is 1. The van der Waals surface area contributed by atoms with Gasteiger partial charge in [-0.15, -0.1) is 0 Å². The van der Waals surface area contributed by atoms with Crippen LogP contribution in [0.3, 0.4) is 0 Å². The van der Waals surface area contributed by atoms with Gasteiger partial charge in [0.2, 0.25) is 0 Å². The molecule has 0 amide bonds. The lowest BCUT2D eigenvalue weighted by Gasteiger charge is -2.40.